The first kappa shape index (κ1) is 33.4. The maximum Gasteiger partial charge on any atom is 0.408 e. The summed E-state index contributed by atoms with van der Waals surface area (Å²) in [6, 6.07) is 9.06. The van der Waals surface area contributed by atoms with Gasteiger partial charge in [0.05, 0.1) is 0 Å². The van der Waals surface area contributed by atoms with E-state index in [0.29, 0.717) is 0 Å². The van der Waals surface area contributed by atoms with E-state index in [1.807, 2.05) is 18.2 Å². The number of hydrogen-bond acceptors (Lipinski definition) is 7. The topological polar surface area (TPSA) is 152 Å². The molecular weight excluding hydrogens is 504 g/mol. The third kappa shape index (κ3) is 10.6. The van der Waals surface area contributed by atoms with E-state index < -0.39 is 57.5 Å². The van der Waals surface area contributed by atoms with Gasteiger partial charge in [-0.25, -0.2) is 9.59 Å². The summed E-state index contributed by atoms with van der Waals surface area (Å²) in [5, 5.41) is 10.3. The van der Waals surface area contributed by atoms with Gasteiger partial charge in [-0.2, -0.15) is 0 Å². The molecule has 0 spiro atoms. The minimum absolute atomic E-state index is 0.0279. The molecule has 4 N–H and O–H groups in total. The van der Waals surface area contributed by atoms with Crippen LogP contribution in [0.2, 0.25) is 0 Å². The van der Waals surface area contributed by atoms with Crippen molar-refractivity contribution in [1.82, 2.24) is 21.3 Å². The number of hydrogen-bond donors (Lipinski definition) is 4. The monoisotopic (exact) mass is 548 g/mol. The summed E-state index contributed by atoms with van der Waals surface area (Å²) in [6.07, 6.45) is -0.799. The van der Waals surface area contributed by atoms with E-state index in [-0.39, 0.29) is 6.61 Å². The maximum absolute atomic E-state index is 13.1. The molecule has 1 aromatic rings. The Bertz CT molecular complexity index is 1070. The van der Waals surface area contributed by atoms with Crippen LogP contribution in [0.5, 0.6) is 0 Å². The summed E-state index contributed by atoms with van der Waals surface area (Å²) in [4.78, 5) is 63.9. The summed E-state index contributed by atoms with van der Waals surface area (Å²) >= 11 is 0. The zero-order chi connectivity index (χ0) is 30.4. The first-order valence-electron chi connectivity index (χ1n) is 12.7. The Balaban J connectivity index is 2.79. The molecule has 4 amide bonds. The third-order valence-electron chi connectivity index (χ3n) is 5.52. The number of carbonyl (C=O) groups excluding carboxylic acids is 5. The number of carbonyl (C=O) groups is 5. The normalized spacial score (nSPS) is 12.6. The Kier molecular flexibility index (Phi) is 10.3. The Hall–Kier alpha value is -3.63. The zero-order valence-electron chi connectivity index (χ0n) is 25.0. The highest BCUT2D eigenvalue weighted by molar-refractivity contribution is 5.99. The summed E-state index contributed by atoms with van der Waals surface area (Å²) in [6.45, 7) is 17.0. The van der Waals surface area contributed by atoms with E-state index in [1.54, 1.807) is 32.9 Å². The maximum atomic E-state index is 13.1. The lowest BCUT2D eigenvalue weighted by atomic mass is 9.95. The molecule has 0 unspecified atom stereocenters. The Labute approximate surface area is 231 Å². The van der Waals surface area contributed by atoms with Crippen LogP contribution in [0.25, 0.3) is 0 Å². The van der Waals surface area contributed by atoms with Gasteiger partial charge < -0.3 is 30.7 Å². The van der Waals surface area contributed by atoms with Crippen molar-refractivity contribution in [3.63, 3.8) is 0 Å². The van der Waals surface area contributed by atoms with Crippen molar-refractivity contribution in [3.05, 3.63) is 35.9 Å². The molecule has 11 nitrogen and oxygen atoms in total. The molecular formula is C28H44N4O7. The summed E-state index contributed by atoms with van der Waals surface area (Å²) in [5.41, 5.74) is -5.66. The second-order valence-corrected chi connectivity index (χ2v) is 12.6. The molecule has 218 valence electrons. The highest BCUT2D eigenvalue weighted by Crippen LogP contribution is 2.17. The number of rotatable bonds is 10. The van der Waals surface area contributed by atoms with Crippen LogP contribution >= 0.6 is 0 Å². The van der Waals surface area contributed by atoms with E-state index in [2.05, 4.69) is 21.3 Å². The van der Waals surface area contributed by atoms with Crippen LogP contribution < -0.4 is 21.3 Å². The van der Waals surface area contributed by atoms with Gasteiger partial charge in [0.2, 0.25) is 17.7 Å². The molecule has 0 heterocycles. The molecule has 1 rings (SSSR count). The van der Waals surface area contributed by atoms with Crippen molar-refractivity contribution >= 4 is 29.8 Å². The van der Waals surface area contributed by atoms with Crippen LogP contribution in [0.15, 0.2) is 30.3 Å². The fourth-order valence-electron chi connectivity index (χ4n) is 2.96. The number of alkyl carbamates (subject to hydrolysis) is 1. The van der Waals surface area contributed by atoms with Gasteiger partial charge in [-0.1, -0.05) is 30.3 Å². The molecule has 1 aromatic carbocycles. The van der Waals surface area contributed by atoms with E-state index in [0.717, 1.165) is 5.56 Å². The summed E-state index contributed by atoms with van der Waals surface area (Å²) < 4.78 is 10.5. The fraction of sp³-hybridized carbons (Fsp3) is 0.607. The minimum Gasteiger partial charge on any atom is -0.458 e. The predicted octanol–water partition coefficient (Wildman–Crippen LogP) is 2.72. The van der Waals surface area contributed by atoms with Gasteiger partial charge >= 0.3 is 12.1 Å². The fourth-order valence-corrected chi connectivity index (χ4v) is 2.96. The largest absolute Gasteiger partial charge is 0.458 e. The van der Waals surface area contributed by atoms with Gasteiger partial charge in [-0.05, 0) is 81.7 Å². The van der Waals surface area contributed by atoms with Crippen molar-refractivity contribution in [2.45, 2.75) is 111 Å². The van der Waals surface area contributed by atoms with Crippen molar-refractivity contribution < 1.29 is 33.4 Å². The van der Waals surface area contributed by atoms with Gasteiger partial charge in [0.25, 0.3) is 0 Å². The molecule has 0 bridgehead atoms. The predicted molar refractivity (Wildman–Crippen MR) is 146 cm³/mol. The van der Waals surface area contributed by atoms with Gasteiger partial charge in [0, 0.05) is 0 Å². The Morgan fingerprint density at radius 2 is 0.974 bits per heavy atom. The number of esters is 1. The molecule has 0 fully saturated rings. The van der Waals surface area contributed by atoms with Gasteiger partial charge in [0.15, 0.2) is 0 Å². The molecule has 0 aliphatic carbocycles. The van der Waals surface area contributed by atoms with E-state index in [9.17, 15) is 24.0 Å². The summed E-state index contributed by atoms with van der Waals surface area (Å²) in [5.74, 6) is -2.56. The van der Waals surface area contributed by atoms with Crippen LogP contribution in [0.3, 0.4) is 0 Å². The standard InChI is InChI=1S/C28H44N4O7/c1-24(2,3)39-22(36)28(10,11)31-20(34)26(6,7)29-19(33)25(4,5)30-21(35)27(8,9)32-23(37)38-17-18-15-13-12-14-16-18/h12-16H,17H2,1-11H3,(H,29,33)(H,30,35)(H,31,34)(H,32,37). The van der Waals surface area contributed by atoms with Crippen LogP contribution in [0.4, 0.5) is 4.79 Å². The van der Waals surface area contributed by atoms with E-state index in [4.69, 9.17) is 9.47 Å². The number of nitrogens with one attached hydrogen (secondary N) is 4. The van der Waals surface area contributed by atoms with Crippen molar-refractivity contribution in [2.24, 2.45) is 0 Å². The quantitative estimate of drug-likeness (QED) is 0.328. The van der Waals surface area contributed by atoms with Crippen LogP contribution in [-0.2, 0) is 35.3 Å². The second kappa shape index (κ2) is 12.0. The molecule has 0 aliphatic rings. The highest BCUT2D eigenvalue weighted by atomic mass is 16.6. The molecule has 0 radical (unpaired) electrons. The average Bonchev–Trinajstić information content (AvgIpc) is 2.76. The summed E-state index contributed by atoms with van der Waals surface area (Å²) in [7, 11) is 0. The third-order valence-corrected chi connectivity index (χ3v) is 5.52. The lowest BCUT2D eigenvalue weighted by Crippen LogP contribution is -2.67. The lowest BCUT2D eigenvalue weighted by molar-refractivity contribution is -0.163. The van der Waals surface area contributed by atoms with Crippen molar-refractivity contribution in [2.75, 3.05) is 0 Å². The van der Waals surface area contributed by atoms with E-state index in [1.165, 1.54) is 55.4 Å². The molecule has 11 heteroatoms. The first-order valence-corrected chi connectivity index (χ1v) is 12.7. The van der Waals surface area contributed by atoms with Crippen molar-refractivity contribution in [3.8, 4) is 0 Å². The molecule has 0 atom stereocenters. The molecule has 0 saturated heterocycles. The average molecular weight is 549 g/mol. The second-order valence-electron chi connectivity index (χ2n) is 12.6. The van der Waals surface area contributed by atoms with Crippen LogP contribution in [0, 0.1) is 0 Å². The van der Waals surface area contributed by atoms with Gasteiger partial charge in [-0.15, -0.1) is 0 Å². The lowest BCUT2D eigenvalue weighted by Gasteiger charge is -2.36. The molecule has 0 aromatic heterocycles. The molecule has 39 heavy (non-hydrogen) atoms. The van der Waals surface area contributed by atoms with E-state index >= 15 is 0 Å². The number of ether oxygens (including phenoxy) is 2. The van der Waals surface area contributed by atoms with Crippen LogP contribution in [-0.4, -0.2) is 57.5 Å². The highest BCUT2D eigenvalue weighted by Gasteiger charge is 2.42. The molecule has 0 saturated carbocycles. The van der Waals surface area contributed by atoms with Gasteiger partial charge in [0.1, 0.15) is 34.4 Å². The Morgan fingerprint density at radius 3 is 1.38 bits per heavy atom. The molecule has 0 aliphatic heterocycles. The van der Waals surface area contributed by atoms with Crippen molar-refractivity contribution in [1.29, 1.82) is 0 Å². The SMILES string of the molecule is CC(C)(C)OC(=O)C(C)(C)NC(=O)C(C)(C)NC(=O)C(C)(C)NC(=O)C(C)(C)NC(=O)OCc1ccccc1. The number of benzene rings is 1. The Morgan fingerprint density at radius 1 is 0.590 bits per heavy atom. The smallest absolute Gasteiger partial charge is 0.408 e. The zero-order valence-corrected chi connectivity index (χ0v) is 25.0. The van der Waals surface area contributed by atoms with Crippen LogP contribution in [0.1, 0.15) is 81.7 Å². The van der Waals surface area contributed by atoms with Gasteiger partial charge in [-0.3, -0.25) is 14.4 Å². The first-order chi connectivity index (χ1) is 17.5. The number of amides is 4. The minimum atomic E-state index is -1.47.